The van der Waals surface area contributed by atoms with Crippen LogP contribution >= 0.6 is 0 Å². The molecule has 5 rings (SSSR count). The number of benzene rings is 5. The molecule has 114 heavy (non-hydrogen) atoms. The Morgan fingerprint density at radius 3 is 0.561 bits per heavy atom. The predicted molar refractivity (Wildman–Crippen MR) is 540 cm³/mol. The van der Waals surface area contributed by atoms with Crippen molar-refractivity contribution in [1.29, 1.82) is 0 Å². The van der Waals surface area contributed by atoms with Crippen LogP contribution in [-0.2, 0) is 0 Å². The van der Waals surface area contributed by atoms with Gasteiger partial charge in [0.2, 0.25) is 0 Å². The van der Waals surface area contributed by atoms with E-state index in [4.69, 9.17) is 0 Å². The molecule has 0 aromatic heterocycles. The van der Waals surface area contributed by atoms with E-state index in [2.05, 4.69) is 386 Å². The summed E-state index contributed by atoms with van der Waals surface area (Å²) in [6.07, 6.45) is 9.02. The summed E-state index contributed by atoms with van der Waals surface area (Å²) in [7, 11) is 17.5. The van der Waals surface area contributed by atoms with Crippen LogP contribution in [0.25, 0.3) is 0 Å². The van der Waals surface area contributed by atoms with Crippen LogP contribution in [0.1, 0.15) is 268 Å². The monoisotopic (exact) mass is 1630 g/mol. The molecule has 0 radical (unpaired) electrons. The van der Waals surface area contributed by atoms with Crippen LogP contribution in [-0.4, -0.2) is 200 Å². The molecule has 3 unspecified atom stereocenters. The molecule has 0 aliphatic heterocycles. The number of quaternary nitrogens is 12. The van der Waals surface area contributed by atoms with E-state index < -0.39 is 0 Å². The molecule has 0 saturated carbocycles. The van der Waals surface area contributed by atoms with Gasteiger partial charge in [-0.1, -0.05) is 200 Å². The topological polar surface area (TPSA) is 53.3 Å². The molecule has 12 nitrogen and oxygen atoms in total. The maximum absolute atomic E-state index is 2.23. The van der Waals surface area contributed by atoms with Crippen molar-refractivity contribution in [1.82, 2.24) is 0 Å². The molecule has 5 aromatic rings. The summed E-state index contributed by atoms with van der Waals surface area (Å²) in [6, 6.07) is 53.1. The Bertz CT molecular complexity index is 2180. The van der Waals surface area contributed by atoms with E-state index in [0.717, 1.165) is 6.54 Å². The van der Waals surface area contributed by atoms with Gasteiger partial charge in [-0.05, 0) is 238 Å². The third-order valence-electron chi connectivity index (χ3n) is 18.8. The summed E-state index contributed by atoms with van der Waals surface area (Å²) in [5, 5.41) is 0. The van der Waals surface area contributed by atoms with Crippen LogP contribution in [0.4, 0.5) is 28.4 Å². The molecule has 0 saturated heterocycles. The van der Waals surface area contributed by atoms with Crippen molar-refractivity contribution < 1.29 is 58.8 Å². The van der Waals surface area contributed by atoms with Crippen LogP contribution in [0.3, 0.4) is 0 Å². The van der Waals surface area contributed by atoms with Crippen molar-refractivity contribution in [2.75, 3.05) is 200 Å². The average molecular weight is 1630 g/mol. The van der Waals surface area contributed by atoms with Crippen LogP contribution in [0.15, 0.2) is 176 Å². The minimum atomic E-state index is 0. The van der Waals surface area contributed by atoms with E-state index in [1.807, 2.05) is 6.07 Å². The maximum Gasteiger partial charge on any atom is 0.131 e. The Morgan fingerprint density at radius 2 is 0.430 bits per heavy atom. The predicted octanol–water partition coefficient (Wildman–Crippen LogP) is 12.5. The molecule has 3 atom stereocenters. The molecule has 0 heterocycles. The summed E-state index contributed by atoms with van der Waals surface area (Å²) < 4.78 is 0. The Kier molecular flexibility index (Phi) is 167. The summed E-state index contributed by atoms with van der Waals surface area (Å²) in [4.78, 5) is 18.7. The lowest BCUT2D eigenvalue weighted by Gasteiger charge is -2.15. The van der Waals surface area contributed by atoms with Crippen molar-refractivity contribution in [2.45, 2.75) is 268 Å². The second-order valence-electron chi connectivity index (χ2n) is 26.4. The standard InChI is InChI=1S/C11H17N.3C10H15N.C10H19N.C9H13N.C6H15N.4C5H13N.C4H11N.12CH4/c1-3-10-12(4-2)11-8-6-5-7-9-11;3*1-3-11(4-2)10-8-6-5-7-9-10;1-5-9-10(6-2)11(7-3)8-4;1-3-10(2)9-7-5-4-6-8-9;1-4-6-7(3)5-2;4*1-4-6(3)5-2;1-4-5(2)3;;;;;;;;;;;;/h5-9H,3-4,10H2,1-2H3;3*5-9H,3-4H2,1-2H3;5-6,9H,7-8H2,1-4H3;4-8H,3H2,1-2H3;4-6H2,1-3H3;4*4-5H2,1-3H3;4H2,1-3H3;12*1H4/p+12/b;;;;9-5-,10-6+;;;;;;;;;;;;;;;;;;;. The van der Waals surface area contributed by atoms with E-state index in [1.165, 1.54) is 194 Å². The molecule has 0 aliphatic carbocycles. The van der Waals surface area contributed by atoms with Gasteiger partial charge in [-0.15, -0.1) is 0 Å². The van der Waals surface area contributed by atoms with E-state index in [9.17, 15) is 0 Å². The highest BCUT2D eigenvalue weighted by atomic mass is 15.1. The van der Waals surface area contributed by atoms with Crippen LogP contribution in [0.2, 0.25) is 0 Å². The van der Waals surface area contributed by atoms with E-state index in [0.29, 0.717) is 0 Å². The fraction of sp³-hybridized carbons (Fsp3) is 0.667. The smallest absolute Gasteiger partial charge is 0.131 e. The van der Waals surface area contributed by atoms with Gasteiger partial charge in [-0.3, -0.25) is 0 Å². The first-order chi connectivity index (χ1) is 49.0. The van der Waals surface area contributed by atoms with Crippen LogP contribution in [0, 0.1) is 0 Å². The number of rotatable bonds is 31. The van der Waals surface area contributed by atoms with Crippen LogP contribution < -0.4 is 58.8 Å². The fourth-order valence-electron chi connectivity index (χ4n) is 9.28. The third-order valence-corrected chi connectivity index (χ3v) is 18.8. The minimum absolute atomic E-state index is 0. The first-order valence-electron chi connectivity index (χ1n) is 41.5. The lowest BCUT2D eigenvalue weighted by atomic mass is 10.3. The molecule has 0 aliphatic rings. The van der Waals surface area contributed by atoms with Gasteiger partial charge >= 0.3 is 0 Å². The van der Waals surface area contributed by atoms with E-state index in [1.54, 1.807) is 49.0 Å². The summed E-state index contributed by atoms with van der Waals surface area (Å²) in [5.41, 5.74) is 8.39. The second-order valence-corrected chi connectivity index (χ2v) is 26.4. The van der Waals surface area contributed by atoms with Gasteiger partial charge < -0.3 is 58.8 Å². The molecule has 0 spiro atoms. The van der Waals surface area contributed by atoms with Crippen molar-refractivity contribution in [3.63, 3.8) is 0 Å². The zero-order valence-electron chi connectivity index (χ0n) is 74.1. The van der Waals surface area contributed by atoms with Gasteiger partial charge in [0.25, 0.3) is 0 Å². The average Bonchev–Trinajstić information content (AvgIpc) is 0.936. The van der Waals surface area contributed by atoms with E-state index >= 15 is 0 Å². The molecule has 688 valence electrons. The lowest BCUT2D eigenvalue weighted by molar-refractivity contribution is -0.877. The van der Waals surface area contributed by atoms with Gasteiger partial charge in [0.05, 0.1) is 200 Å². The maximum atomic E-state index is 2.23. The fourth-order valence-corrected chi connectivity index (χ4v) is 9.28. The first-order valence-corrected chi connectivity index (χ1v) is 41.5. The van der Waals surface area contributed by atoms with E-state index in [-0.39, 0.29) is 89.1 Å². The molecule has 0 amide bonds. The van der Waals surface area contributed by atoms with Gasteiger partial charge in [-0.2, -0.15) is 0 Å². The quantitative estimate of drug-likeness (QED) is 0.0196. The molecule has 12 N–H and O–H groups in total. The van der Waals surface area contributed by atoms with Crippen molar-refractivity contribution in [3.05, 3.63) is 176 Å². The molecule has 0 fully saturated rings. The Morgan fingerprint density at radius 1 is 0.228 bits per heavy atom. The normalized spacial score (nSPS) is 10.2. The molecular formula is C102H232N12+12. The Balaban J connectivity index is -0.0000000508. The molecule has 12 heteroatoms. The summed E-state index contributed by atoms with van der Waals surface area (Å²) in [5.74, 6) is 0. The number of para-hydroxylation sites is 5. The Hall–Kier alpha value is -4.90. The van der Waals surface area contributed by atoms with Crippen molar-refractivity contribution in [3.8, 4) is 0 Å². The van der Waals surface area contributed by atoms with Gasteiger partial charge in [0.1, 0.15) is 34.1 Å². The second kappa shape index (κ2) is 121. The first kappa shape index (κ1) is 157. The van der Waals surface area contributed by atoms with Crippen molar-refractivity contribution >= 4 is 28.4 Å². The number of likely N-dealkylation sites (N-methyl/N-ethyl adjacent to an activating group) is 1. The van der Waals surface area contributed by atoms with Gasteiger partial charge in [-0.25, -0.2) is 0 Å². The number of nitrogens with one attached hydrogen (secondary N) is 12. The molecule has 5 aromatic carbocycles. The number of hydrogen-bond donors (Lipinski definition) is 12. The van der Waals surface area contributed by atoms with Gasteiger partial charge in [0, 0.05) is 0 Å². The highest BCUT2D eigenvalue weighted by molar-refractivity contribution is 5.30. The van der Waals surface area contributed by atoms with Gasteiger partial charge in [0.15, 0.2) is 0 Å². The number of hydrogen-bond acceptors (Lipinski definition) is 0. The summed E-state index contributed by atoms with van der Waals surface area (Å²) in [6.45, 7) is 79.3. The third kappa shape index (κ3) is 99.5. The Labute approximate surface area is 727 Å². The summed E-state index contributed by atoms with van der Waals surface area (Å²) >= 11 is 0. The van der Waals surface area contributed by atoms with Crippen LogP contribution in [0.5, 0.6) is 0 Å². The largest absolute Gasteiger partial charge is 0.340 e. The highest BCUT2D eigenvalue weighted by Gasteiger charge is 2.09. The molecule has 0 bridgehead atoms. The zero-order valence-corrected chi connectivity index (χ0v) is 74.1. The highest BCUT2D eigenvalue weighted by Crippen LogP contribution is 2.01. The lowest BCUT2D eigenvalue weighted by Crippen LogP contribution is -3.09. The SMILES string of the molecule is C.C.C.C.C.C.C.C.C.C.C.C.C/C=C\C(=C/C)[NH+](CC)CC.CCC[NH+](C)CC.CCC[NH+](CC)c1ccccc1.CC[NH+](C)C.CC[NH+](C)CC.CC[NH+](C)CC.CC[NH+](C)CC.CC[NH+](C)CC.CC[NH+](C)c1ccccc1.CC[NH+](CC)c1ccccc1.CC[NH+](CC)c1ccccc1.CC[NH+](CC)c1ccccc1. The number of allylic oxidation sites excluding steroid dienone is 3. The van der Waals surface area contributed by atoms with Crippen molar-refractivity contribution in [2.24, 2.45) is 0 Å². The minimum Gasteiger partial charge on any atom is -0.340 e. The zero-order chi connectivity index (χ0) is 79.2. The molecular weight excluding hydrogens is 1390 g/mol.